The summed E-state index contributed by atoms with van der Waals surface area (Å²) in [6.45, 7) is 11.1. The van der Waals surface area contributed by atoms with E-state index in [1.54, 1.807) is 0 Å². The Morgan fingerprint density at radius 2 is 1.89 bits per heavy atom. The summed E-state index contributed by atoms with van der Waals surface area (Å²) in [6, 6.07) is 9.68. The van der Waals surface area contributed by atoms with E-state index in [0.29, 0.717) is 11.4 Å². The second kappa shape index (κ2) is 6.75. The first-order valence-corrected chi connectivity index (χ1v) is 9.65. The van der Waals surface area contributed by atoms with Gasteiger partial charge in [-0.2, -0.15) is 0 Å². The second-order valence-corrected chi connectivity index (χ2v) is 8.05. The number of carbonyl (C=O) groups excluding carboxylic acids is 2. The van der Waals surface area contributed by atoms with E-state index in [1.807, 2.05) is 44.2 Å². The third kappa shape index (κ3) is 3.19. The van der Waals surface area contributed by atoms with Crippen molar-refractivity contribution in [2.75, 3.05) is 0 Å². The quantitative estimate of drug-likeness (QED) is 0.761. The molecule has 2 aromatic carbocycles. The number of fused-ring (bicyclic) bond motifs is 1. The van der Waals surface area contributed by atoms with E-state index in [1.165, 1.54) is 0 Å². The SMILES string of the molecule is [C-]#[N+]c1c(C)cc(Oc2ccc3c(c2)CC[C@H]3C2SC(=O)NC2=O)cc1C. The molecule has 0 radical (unpaired) electrons. The van der Waals surface area contributed by atoms with Crippen molar-refractivity contribution in [3.05, 3.63) is 64.0 Å². The Morgan fingerprint density at radius 3 is 2.52 bits per heavy atom. The van der Waals surface area contributed by atoms with Crippen LogP contribution in [-0.2, 0) is 11.2 Å². The zero-order valence-electron chi connectivity index (χ0n) is 15.0. The number of benzene rings is 2. The molecule has 0 saturated carbocycles. The standard InChI is InChI=1S/C21H18N2O3S/c1-11-8-15(9-12(2)18(11)22-3)26-14-5-7-16-13(10-14)4-6-17(16)19-20(24)23-21(25)27-19/h5,7-10,17,19H,4,6H2,1-2H3,(H,23,24,25)/t17-,19?/m1/s1. The zero-order valence-corrected chi connectivity index (χ0v) is 15.9. The van der Waals surface area contributed by atoms with Crippen LogP contribution >= 0.6 is 11.8 Å². The van der Waals surface area contributed by atoms with Crippen molar-refractivity contribution >= 4 is 28.6 Å². The smallest absolute Gasteiger partial charge is 0.286 e. The highest BCUT2D eigenvalue weighted by Gasteiger charge is 2.41. The molecular weight excluding hydrogens is 360 g/mol. The van der Waals surface area contributed by atoms with Crippen molar-refractivity contribution in [3.8, 4) is 11.5 Å². The van der Waals surface area contributed by atoms with Crippen LogP contribution in [0.1, 0.15) is 34.6 Å². The van der Waals surface area contributed by atoms with Gasteiger partial charge in [0.15, 0.2) is 5.69 Å². The van der Waals surface area contributed by atoms with Gasteiger partial charge in [0.1, 0.15) is 16.7 Å². The van der Waals surface area contributed by atoms with Crippen LogP contribution in [0, 0.1) is 20.4 Å². The summed E-state index contributed by atoms with van der Waals surface area (Å²) in [5.74, 6) is 1.33. The highest BCUT2D eigenvalue weighted by molar-refractivity contribution is 8.15. The lowest BCUT2D eigenvalue weighted by Crippen LogP contribution is -2.27. The van der Waals surface area contributed by atoms with E-state index in [0.717, 1.165) is 52.6 Å². The van der Waals surface area contributed by atoms with Crippen LogP contribution < -0.4 is 10.1 Å². The topological polar surface area (TPSA) is 59.8 Å². The van der Waals surface area contributed by atoms with E-state index in [2.05, 4.69) is 10.2 Å². The van der Waals surface area contributed by atoms with Crippen LogP contribution in [0.15, 0.2) is 30.3 Å². The van der Waals surface area contributed by atoms with Gasteiger partial charge in [-0.25, -0.2) is 4.85 Å². The number of amides is 2. The number of hydrogen-bond acceptors (Lipinski definition) is 4. The van der Waals surface area contributed by atoms with E-state index < -0.39 is 0 Å². The number of hydrogen-bond donors (Lipinski definition) is 1. The molecule has 0 spiro atoms. The fourth-order valence-corrected chi connectivity index (χ4v) is 4.93. The molecule has 1 fully saturated rings. The third-order valence-electron chi connectivity index (χ3n) is 5.13. The van der Waals surface area contributed by atoms with Crippen molar-refractivity contribution in [2.45, 2.75) is 37.9 Å². The number of thioether (sulfide) groups is 1. The first kappa shape index (κ1) is 17.6. The largest absolute Gasteiger partial charge is 0.457 e. The van der Waals surface area contributed by atoms with Gasteiger partial charge in [0.2, 0.25) is 5.91 Å². The van der Waals surface area contributed by atoms with E-state index in [-0.39, 0.29) is 22.3 Å². The van der Waals surface area contributed by atoms with Crippen molar-refractivity contribution < 1.29 is 14.3 Å². The predicted molar refractivity (Wildman–Crippen MR) is 105 cm³/mol. The van der Waals surface area contributed by atoms with Crippen LogP contribution in [0.25, 0.3) is 4.85 Å². The molecule has 1 heterocycles. The molecule has 0 bridgehead atoms. The molecule has 0 aromatic heterocycles. The molecular formula is C21H18N2O3S. The zero-order chi connectivity index (χ0) is 19.1. The summed E-state index contributed by atoms with van der Waals surface area (Å²) in [7, 11) is 0. The Kier molecular flexibility index (Phi) is 4.40. The van der Waals surface area contributed by atoms with Gasteiger partial charge in [-0.3, -0.25) is 14.9 Å². The number of imide groups is 1. The molecule has 1 aliphatic heterocycles. The molecule has 2 aliphatic rings. The Hall–Kier alpha value is -2.78. The van der Waals surface area contributed by atoms with Gasteiger partial charge in [0.25, 0.3) is 5.24 Å². The van der Waals surface area contributed by atoms with Crippen LogP contribution in [0.3, 0.4) is 0 Å². The molecule has 136 valence electrons. The summed E-state index contributed by atoms with van der Waals surface area (Å²) in [5.41, 5.74) is 4.75. The minimum atomic E-state index is -0.336. The van der Waals surface area contributed by atoms with Crippen molar-refractivity contribution in [1.29, 1.82) is 0 Å². The van der Waals surface area contributed by atoms with Crippen LogP contribution in [0.5, 0.6) is 11.5 Å². The lowest BCUT2D eigenvalue weighted by Gasteiger charge is -2.16. The Labute approximate surface area is 161 Å². The first-order chi connectivity index (χ1) is 13.0. The molecule has 6 heteroatoms. The number of aryl methyl sites for hydroxylation is 3. The second-order valence-electron chi connectivity index (χ2n) is 6.94. The van der Waals surface area contributed by atoms with Gasteiger partial charge in [-0.15, -0.1) is 0 Å². The van der Waals surface area contributed by atoms with Crippen molar-refractivity contribution in [1.82, 2.24) is 5.32 Å². The Balaban J connectivity index is 1.57. The molecule has 2 aromatic rings. The molecule has 1 aliphatic carbocycles. The summed E-state index contributed by atoms with van der Waals surface area (Å²) >= 11 is 1.09. The summed E-state index contributed by atoms with van der Waals surface area (Å²) in [5, 5.41) is 1.78. The van der Waals surface area contributed by atoms with Gasteiger partial charge >= 0.3 is 0 Å². The average Bonchev–Trinajstić information content (AvgIpc) is 3.16. The van der Waals surface area contributed by atoms with Crippen LogP contribution in [-0.4, -0.2) is 16.4 Å². The predicted octanol–water partition coefficient (Wildman–Crippen LogP) is 5.03. The fraction of sp³-hybridized carbons (Fsp3) is 0.286. The maximum atomic E-state index is 12.0. The molecule has 2 atom stereocenters. The molecule has 1 N–H and O–H groups in total. The minimum absolute atomic E-state index is 0.0629. The maximum Gasteiger partial charge on any atom is 0.286 e. The van der Waals surface area contributed by atoms with Crippen molar-refractivity contribution in [3.63, 3.8) is 0 Å². The fourth-order valence-electron chi connectivity index (χ4n) is 3.93. The van der Waals surface area contributed by atoms with Gasteiger partial charge in [-0.05, 0) is 73.2 Å². The van der Waals surface area contributed by atoms with E-state index >= 15 is 0 Å². The Bertz CT molecular complexity index is 986. The van der Waals surface area contributed by atoms with Gasteiger partial charge in [-0.1, -0.05) is 17.8 Å². The molecule has 27 heavy (non-hydrogen) atoms. The molecule has 5 nitrogen and oxygen atoms in total. The number of carbonyl (C=O) groups is 2. The summed E-state index contributed by atoms with van der Waals surface area (Å²) in [6.07, 6.45) is 1.72. The first-order valence-electron chi connectivity index (χ1n) is 8.77. The van der Waals surface area contributed by atoms with Gasteiger partial charge in [0, 0.05) is 5.92 Å². The highest BCUT2D eigenvalue weighted by atomic mass is 32.2. The number of nitrogens with zero attached hydrogens (tertiary/aromatic N) is 1. The monoisotopic (exact) mass is 378 g/mol. The lowest BCUT2D eigenvalue weighted by atomic mass is 9.97. The van der Waals surface area contributed by atoms with Crippen molar-refractivity contribution in [2.24, 2.45) is 0 Å². The van der Waals surface area contributed by atoms with E-state index in [9.17, 15) is 9.59 Å². The minimum Gasteiger partial charge on any atom is -0.457 e. The van der Waals surface area contributed by atoms with Gasteiger partial charge in [0.05, 0.1) is 6.57 Å². The lowest BCUT2D eigenvalue weighted by molar-refractivity contribution is -0.119. The molecule has 1 unspecified atom stereocenters. The average molecular weight is 378 g/mol. The molecule has 1 saturated heterocycles. The normalized spacial score (nSPS) is 20.9. The summed E-state index contributed by atoms with van der Waals surface area (Å²) < 4.78 is 6.02. The van der Waals surface area contributed by atoms with Crippen LogP contribution in [0.2, 0.25) is 0 Å². The van der Waals surface area contributed by atoms with Crippen LogP contribution in [0.4, 0.5) is 10.5 Å². The summed E-state index contributed by atoms with van der Waals surface area (Å²) in [4.78, 5) is 27.0. The third-order valence-corrected chi connectivity index (χ3v) is 6.25. The van der Waals surface area contributed by atoms with E-state index in [4.69, 9.17) is 11.3 Å². The Morgan fingerprint density at radius 1 is 1.15 bits per heavy atom. The number of ether oxygens (including phenoxy) is 1. The number of rotatable bonds is 3. The highest BCUT2D eigenvalue weighted by Crippen LogP contribution is 2.43. The maximum absolute atomic E-state index is 12.0. The van der Waals surface area contributed by atoms with Gasteiger partial charge < -0.3 is 4.74 Å². The molecule has 2 amide bonds. The number of nitrogens with one attached hydrogen (secondary N) is 1. The molecule has 4 rings (SSSR count).